The Morgan fingerprint density at radius 2 is 2.15 bits per heavy atom. The predicted molar refractivity (Wildman–Crippen MR) is 74.6 cm³/mol. The SMILES string of the molecule is CC(C)NCc1nnc(NC2COc3ccccc32)o1. The molecule has 0 spiro atoms. The number of fused-ring (bicyclic) bond motifs is 1. The van der Waals surface area contributed by atoms with Gasteiger partial charge in [-0.3, -0.25) is 0 Å². The summed E-state index contributed by atoms with van der Waals surface area (Å²) in [6.07, 6.45) is 0. The lowest BCUT2D eigenvalue weighted by molar-refractivity contribution is 0.337. The van der Waals surface area contributed by atoms with Crippen LogP contribution in [0.4, 0.5) is 6.01 Å². The summed E-state index contributed by atoms with van der Waals surface area (Å²) in [5, 5.41) is 14.5. The van der Waals surface area contributed by atoms with Crippen molar-refractivity contribution >= 4 is 6.01 Å². The quantitative estimate of drug-likeness (QED) is 0.870. The maximum Gasteiger partial charge on any atom is 0.316 e. The predicted octanol–water partition coefficient (Wildman–Crippen LogP) is 2.11. The number of hydrogen-bond donors (Lipinski definition) is 2. The second-order valence-electron chi connectivity index (χ2n) is 5.08. The molecule has 2 N–H and O–H groups in total. The van der Waals surface area contributed by atoms with Gasteiger partial charge in [0.15, 0.2) is 0 Å². The minimum absolute atomic E-state index is 0.0533. The van der Waals surface area contributed by atoms with Gasteiger partial charge in [-0.2, -0.15) is 0 Å². The first kappa shape index (κ1) is 12.9. The first-order valence-corrected chi connectivity index (χ1v) is 6.76. The molecule has 1 atom stereocenters. The van der Waals surface area contributed by atoms with Crippen molar-refractivity contribution < 1.29 is 9.15 Å². The van der Waals surface area contributed by atoms with E-state index in [4.69, 9.17) is 9.15 Å². The number of nitrogens with zero attached hydrogens (tertiary/aromatic N) is 2. The van der Waals surface area contributed by atoms with Gasteiger partial charge in [-0.1, -0.05) is 37.1 Å². The second-order valence-corrected chi connectivity index (χ2v) is 5.08. The fourth-order valence-corrected chi connectivity index (χ4v) is 2.11. The zero-order valence-electron chi connectivity index (χ0n) is 11.6. The van der Waals surface area contributed by atoms with Crippen LogP contribution in [-0.2, 0) is 6.54 Å². The van der Waals surface area contributed by atoms with Gasteiger partial charge >= 0.3 is 6.01 Å². The molecule has 6 heteroatoms. The summed E-state index contributed by atoms with van der Waals surface area (Å²) < 4.78 is 11.2. The van der Waals surface area contributed by atoms with Gasteiger partial charge in [0.25, 0.3) is 0 Å². The van der Waals surface area contributed by atoms with Crippen LogP contribution in [0.3, 0.4) is 0 Å². The van der Waals surface area contributed by atoms with Crippen LogP contribution < -0.4 is 15.4 Å². The van der Waals surface area contributed by atoms with Crippen molar-refractivity contribution in [2.45, 2.75) is 32.5 Å². The fourth-order valence-electron chi connectivity index (χ4n) is 2.11. The van der Waals surface area contributed by atoms with Crippen molar-refractivity contribution in [3.8, 4) is 5.75 Å². The Labute approximate surface area is 117 Å². The fraction of sp³-hybridized carbons (Fsp3) is 0.429. The average molecular weight is 274 g/mol. The number of benzene rings is 1. The summed E-state index contributed by atoms with van der Waals surface area (Å²) in [4.78, 5) is 0. The molecule has 2 aromatic rings. The summed E-state index contributed by atoms with van der Waals surface area (Å²) in [5.74, 6) is 1.49. The van der Waals surface area contributed by atoms with Crippen molar-refractivity contribution in [1.82, 2.24) is 15.5 Å². The molecule has 0 fully saturated rings. The van der Waals surface area contributed by atoms with Crippen LogP contribution in [-0.4, -0.2) is 22.8 Å². The van der Waals surface area contributed by atoms with Crippen molar-refractivity contribution in [1.29, 1.82) is 0 Å². The number of para-hydroxylation sites is 1. The summed E-state index contributed by atoms with van der Waals surface area (Å²) in [6.45, 7) is 5.29. The van der Waals surface area contributed by atoms with Crippen molar-refractivity contribution in [3.63, 3.8) is 0 Å². The third-order valence-electron chi connectivity index (χ3n) is 3.13. The lowest BCUT2D eigenvalue weighted by Gasteiger charge is -2.08. The summed E-state index contributed by atoms with van der Waals surface area (Å²) >= 11 is 0. The van der Waals surface area contributed by atoms with E-state index in [0.717, 1.165) is 11.3 Å². The van der Waals surface area contributed by atoms with E-state index in [2.05, 4.69) is 34.7 Å². The highest BCUT2D eigenvalue weighted by molar-refractivity contribution is 5.43. The Morgan fingerprint density at radius 3 is 3.00 bits per heavy atom. The van der Waals surface area contributed by atoms with E-state index in [0.29, 0.717) is 31.1 Å². The number of anilines is 1. The second kappa shape index (κ2) is 5.50. The monoisotopic (exact) mass is 274 g/mol. The Morgan fingerprint density at radius 1 is 1.30 bits per heavy atom. The largest absolute Gasteiger partial charge is 0.491 e. The molecule has 3 rings (SSSR count). The molecule has 2 heterocycles. The zero-order chi connectivity index (χ0) is 13.9. The minimum Gasteiger partial charge on any atom is -0.491 e. The lowest BCUT2D eigenvalue weighted by Crippen LogP contribution is -2.21. The van der Waals surface area contributed by atoms with Crippen molar-refractivity contribution in [3.05, 3.63) is 35.7 Å². The van der Waals surface area contributed by atoms with Gasteiger partial charge in [-0.25, -0.2) is 0 Å². The van der Waals surface area contributed by atoms with Gasteiger partial charge in [0.1, 0.15) is 12.4 Å². The summed E-state index contributed by atoms with van der Waals surface area (Å²) in [6, 6.07) is 8.82. The normalized spacial score (nSPS) is 17.1. The highest BCUT2D eigenvalue weighted by atomic mass is 16.5. The van der Waals surface area contributed by atoms with Gasteiger partial charge in [0, 0.05) is 11.6 Å². The molecule has 1 aliphatic rings. The van der Waals surface area contributed by atoms with Gasteiger partial charge in [0.2, 0.25) is 5.89 Å². The minimum atomic E-state index is 0.0533. The number of aromatic nitrogens is 2. The first-order valence-electron chi connectivity index (χ1n) is 6.76. The molecule has 0 radical (unpaired) electrons. The molecule has 1 aromatic carbocycles. The van der Waals surface area contributed by atoms with Gasteiger partial charge in [-0.15, -0.1) is 5.10 Å². The molecule has 20 heavy (non-hydrogen) atoms. The Balaban J connectivity index is 1.64. The number of ether oxygens (including phenoxy) is 1. The number of rotatable bonds is 5. The standard InChI is InChI=1S/C14H18N4O2/c1-9(2)15-7-13-17-18-14(20-13)16-11-8-19-12-6-4-3-5-10(11)12/h3-6,9,11,15H,7-8H2,1-2H3,(H,16,18). The molecular weight excluding hydrogens is 256 g/mol. The molecule has 6 nitrogen and oxygen atoms in total. The summed E-state index contributed by atoms with van der Waals surface area (Å²) in [7, 11) is 0. The van der Waals surface area contributed by atoms with E-state index < -0.39 is 0 Å². The molecule has 0 saturated heterocycles. The van der Waals surface area contributed by atoms with E-state index >= 15 is 0 Å². The Bertz CT molecular complexity index is 582. The number of nitrogens with one attached hydrogen (secondary N) is 2. The molecule has 0 aliphatic carbocycles. The van der Waals surface area contributed by atoms with Crippen LogP contribution in [0, 0.1) is 0 Å². The zero-order valence-corrected chi connectivity index (χ0v) is 11.6. The van der Waals surface area contributed by atoms with Gasteiger partial charge in [0.05, 0.1) is 12.6 Å². The highest BCUT2D eigenvalue weighted by Gasteiger charge is 2.24. The van der Waals surface area contributed by atoms with E-state index in [1.165, 1.54) is 0 Å². The molecule has 0 bridgehead atoms. The molecular formula is C14H18N4O2. The molecule has 1 aliphatic heterocycles. The highest BCUT2D eigenvalue weighted by Crippen LogP contribution is 2.33. The van der Waals surface area contributed by atoms with E-state index in [-0.39, 0.29) is 6.04 Å². The molecule has 0 amide bonds. The van der Waals surface area contributed by atoms with Crippen LogP contribution in [0.25, 0.3) is 0 Å². The van der Waals surface area contributed by atoms with Crippen LogP contribution in [0.15, 0.2) is 28.7 Å². The molecule has 1 unspecified atom stereocenters. The topological polar surface area (TPSA) is 72.2 Å². The van der Waals surface area contributed by atoms with Crippen LogP contribution in [0.5, 0.6) is 5.75 Å². The van der Waals surface area contributed by atoms with Gasteiger partial charge < -0.3 is 19.8 Å². The van der Waals surface area contributed by atoms with E-state index in [1.54, 1.807) is 0 Å². The van der Waals surface area contributed by atoms with E-state index in [1.807, 2.05) is 24.3 Å². The third-order valence-corrected chi connectivity index (χ3v) is 3.13. The Hall–Kier alpha value is -2.08. The van der Waals surface area contributed by atoms with Crippen LogP contribution in [0.2, 0.25) is 0 Å². The molecule has 106 valence electrons. The maximum absolute atomic E-state index is 5.60. The average Bonchev–Trinajstić information content (AvgIpc) is 3.05. The van der Waals surface area contributed by atoms with Gasteiger partial charge in [-0.05, 0) is 6.07 Å². The lowest BCUT2D eigenvalue weighted by atomic mass is 10.1. The third kappa shape index (κ3) is 2.75. The van der Waals surface area contributed by atoms with Crippen LogP contribution in [0.1, 0.15) is 31.3 Å². The first-order chi connectivity index (χ1) is 9.72. The maximum atomic E-state index is 5.60. The van der Waals surface area contributed by atoms with Crippen molar-refractivity contribution in [2.75, 3.05) is 11.9 Å². The summed E-state index contributed by atoms with van der Waals surface area (Å²) in [5.41, 5.74) is 1.12. The number of hydrogen-bond acceptors (Lipinski definition) is 6. The van der Waals surface area contributed by atoms with Crippen LogP contribution >= 0.6 is 0 Å². The molecule has 1 aromatic heterocycles. The van der Waals surface area contributed by atoms with E-state index in [9.17, 15) is 0 Å². The smallest absolute Gasteiger partial charge is 0.316 e. The molecule has 0 saturated carbocycles. The van der Waals surface area contributed by atoms with Crippen molar-refractivity contribution in [2.24, 2.45) is 0 Å². The Kier molecular flexibility index (Phi) is 3.56.